The molecule has 1 unspecified atom stereocenters. The Labute approximate surface area is 130 Å². The predicted molar refractivity (Wildman–Crippen MR) is 86.4 cm³/mol. The maximum atomic E-state index is 5.76. The van der Waals surface area contributed by atoms with Crippen LogP contribution < -0.4 is 5.32 Å². The molecule has 0 fully saturated rings. The van der Waals surface area contributed by atoms with E-state index in [-0.39, 0.29) is 11.6 Å². The van der Waals surface area contributed by atoms with Crippen molar-refractivity contribution in [3.8, 4) is 0 Å². The highest BCUT2D eigenvalue weighted by Gasteiger charge is 2.19. The van der Waals surface area contributed by atoms with Gasteiger partial charge in [0.05, 0.1) is 11.6 Å². The average Bonchev–Trinajstić information content (AvgIpc) is 2.91. The topological polar surface area (TPSA) is 47.0 Å². The number of ether oxygens (including phenoxy) is 1. The average molecular weight is 305 g/mol. The number of hydrogen-bond donors (Lipinski definition) is 1. The smallest absolute Gasteiger partial charge is 0.143 e. The summed E-state index contributed by atoms with van der Waals surface area (Å²) in [6.07, 6.45) is 0. The second kappa shape index (κ2) is 7.11. The summed E-state index contributed by atoms with van der Waals surface area (Å²) in [6.45, 7) is 9.61. The van der Waals surface area contributed by atoms with Gasteiger partial charge in [0, 0.05) is 0 Å². The summed E-state index contributed by atoms with van der Waals surface area (Å²) < 4.78 is 5.76. The largest absolute Gasteiger partial charge is 0.369 e. The van der Waals surface area contributed by atoms with E-state index in [1.165, 1.54) is 5.56 Å². The zero-order chi connectivity index (χ0) is 15.3. The summed E-state index contributed by atoms with van der Waals surface area (Å²) in [5.74, 6) is 0. The normalized spacial score (nSPS) is 13.3. The fourth-order valence-electron chi connectivity index (χ4n) is 1.92. The van der Waals surface area contributed by atoms with Crippen LogP contribution >= 0.6 is 11.3 Å². The number of rotatable bonds is 6. The number of hydrogen-bond acceptors (Lipinski definition) is 5. The summed E-state index contributed by atoms with van der Waals surface area (Å²) in [7, 11) is 0. The molecule has 0 radical (unpaired) electrons. The van der Waals surface area contributed by atoms with Crippen molar-refractivity contribution in [2.75, 3.05) is 6.54 Å². The zero-order valence-electron chi connectivity index (χ0n) is 13.1. The van der Waals surface area contributed by atoms with Crippen molar-refractivity contribution in [1.29, 1.82) is 0 Å². The molecule has 2 aromatic rings. The molecule has 1 heterocycles. The van der Waals surface area contributed by atoms with Crippen LogP contribution in [0.3, 0.4) is 0 Å². The van der Waals surface area contributed by atoms with Gasteiger partial charge in [0.1, 0.15) is 16.6 Å². The van der Waals surface area contributed by atoms with E-state index in [1.54, 1.807) is 11.3 Å². The van der Waals surface area contributed by atoms with Crippen LogP contribution in [0.5, 0.6) is 0 Å². The first-order chi connectivity index (χ1) is 9.99. The first kappa shape index (κ1) is 16.1. The molecule has 0 saturated carbocycles. The third-order valence-corrected chi connectivity index (χ3v) is 3.86. The molecule has 5 heteroatoms. The first-order valence-electron chi connectivity index (χ1n) is 7.24. The van der Waals surface area contributed by atoms with E-state index in [4.69, 9.17) is 4.74 Å². The molecule has 21 heavy (non-hydrogen) atoms. The molecular formula is C16H23N3OS. The highest BCUT2D eigenvalue weighted by Crippen LogP contribution is 2.25. The minimum Gasteiger partial charge on any atom is -0.369 e. The molecule has 0 bridgehead atoms. The van der Waals surface area contributed by atoms with Gasteiger partial charge in [0.25, 0.3) is 0 Å². The van der Waals surface area contributed by atoms with Crippen LogP contribution in [-0.2, 0) is 11.3 Å². The van der Waals surface area contributed by atoms with Gasteiger partial charge >= 0.3 is 0 Å². The van der Waals surface area contributed by atoms with Crippen LogP contribution in [0, 0.1) is 0 Å². The van der Waals surface area contributed by atoms with Gasteiger partial charge in [0.15, 0.2) is 0 Å². The standard InChI is InChI=1S/C16H23N3OS/c1-5-17-14(12-9-7-6-8-10-12)15-19-18-13(21-15)11-20-16(2,3)4/h6-10,14,17H,5,11H2,1-4H3. The Balaban J connectivity index is 2.13. The molecule has 114 valence electrons. The Morgan fingerprint density at radius 1 is 1.19 bits per heavy atom. The van der Waals surface area contributed by atoms with Gasteiger partial charge in [-0.15, -0.1) is 10.2 Å². The van der Waals surface area contributed by atoms with Gasteiger partial charge in [-0.3, -0.25) is 0 Å². The Morgan fingerprint density at radius 3 is 2.52 bits per heavy atom. The van der Waals surface area contributed by atoms with Gasteiger partial charge < -0.3 is 10.1 Å². The summed E-state index contributed by atoms with van der Waals surface area (Å²) >= 11 is 1.61. The number of nitrogens with zero attached hydrogens (tertiary/aromatic N) is 2. The van der Waals surface area contributed by atoms with Crippen molar-refractivity contribution in [2.45, 2.75) is 45.9 Å². The molecule has 4 nitrogen and oxygen atoms in total. The Morgan fingerprint density at radius 2 is 1.90 bits per heavy atom. The summed E-state index contributed by atoms with van der Waals surface area (Å²) in [4.78, 5) is 0. The van der Waals surface area contributed by atoms with Crippen molar-refractivity contribution in [3.63, 3.8) is 0 Å². The van der Waals surface area contributed by atoms with Crippen molar-refractivity contribution in [2.24, 2.45) is 0 Å². The van der Waals surface area contributed by atoms with Crippen LogP contribution in [0.15, 0.2) is 30.3 Å². The molecule has 1 atom stereocenters. The lowest BCUT2D eigenvalue weighted by atomic mass is 10.1. The number of nitrogens with one attached hydrogen (secondary N) is 1. The van der Waals surface area contributed by atoms with Gasteiger partial charge in [-0.05, 0) is 32.9 Å². The lowest BCUT2D eigenvalue weighted by molar-refractivity contribution is -0.0152. The van der Waals surface area contributed by atoms with E-state index in [0.717, 1.165) is 16.6 Å². The van der Waals surface area contributed by atoms with Crippen LogP contribution in [0.4, 0.5) is 0 Å². The van der Waals surface area contributed by atoms with Gasteiger partial charge in [-0.1, -0.05) is 48.6 Å². The van der Waals surface area contributed by atoms with Crippen LogP contribution in [0.25, 0.3) is 0 Å². The fraction of sp³-hybridized carbons (Fsp3) is 0.500. The molecule has 0 saturated heterocycles. The lowest BCUT2D eigenvalue weighted by Crippen LogP contribution is -2.21. The lowest BCUT2D eigenvalue weighted by Gasteiger charge is -2.18. The van der Waals surface area contributed by atoms with E-state index >= 15 is 0 Å². The van der Waals surface area contributed by atoms with Gasteiger partial charge in [0.2, 0.25) is 0 Å². The third kappa shape index (κ3) is 4.88. The minimum absolute atomic E-state index is 0.0945. The van der Waals surface area contributed by atoms with Gasteiger partial charge in [-0.25, -0.2) is 0 Å². The Kier molecular flexibility index (Phi) is 5.45. The van der Waals surface area contributed by atoms with E-state index < -0.39 is 0 Å². The molecule has 0 aliphatic heterocycles. The van der Waals surface area contributed by atoms with E-state index in [9.17, 15) is 0 Å². The molecule has 2 rings (SSSR count). The Bertz CT molecular complexity index is 548. The SMILES string of the molecule is CCNC(c1ccccc1)c1nnc(COC(C)(C)C)s1. The molecule has 0 spiro atoms. The van der Waals surface area contributed by atoms with Crippen LogP contribution in [-0.4, -0.2) is 22.3 Å². The quantitative estimate of drug-likeness (QED) is 0.886. The highest BCUT2D eigenvalue weighted by molar-refractivity contribution is 7.11. The maximum Gasteiger partial charge on any atom is 0.143 e. The molecular weight excluding hydrogens is 282 g/mol. The highest BCUT2D eigenvalue weighted by atomic mass is 32.1. The van der Waals surface area contributed by atoms with Crippen LogP contribution in [0.1, 0.15) is 49.3 Å². The second-order valence-corrected chi connectivity index (χ2v) is 6.93. The second-order valence-electron chi connectivity index (χ2n) is 5.84. The molecule has 0 aliphatic carbocycles. The summed E-state index contributed by atoms with van der Waals surface area (Å²) in [5, 5.41) is 14.0. The fourth-order valence-corrected chi connectivity index (χ4v) is 2.78. The van der Waals surface area contributed by atoms with E-state index in [0.29, 0.717) is 6.61 Å². The Hall–Kier alpha value is -1.30. The van der Waals surface area contributed by atoms with Crippen molar-refractivity contribution >= 4 is 11.3 Å². The summed E-state index contributed by atoms with van der Waals surface area (Å²) in [6, 6.07) is 10.4. The van der Waals surface area contributed by atoms with Crippen molar-refractivity contribution in [3.05, 3.63) is 45.9 Å². The monoisotopic (exact) mass is 305 g/mol. The first-order valence-corrected chi connectivity index (χ1v) is 8.06. The summed E-state index contributed by atoms with van der Waals surface area (Å²) in [5.41, 5.74) is 1.05. The molecule has 1 aromatic heterocycles. The van der Waals surface area contributed by atoms with Crippen LogP contribution in [0.2, 0.25) is 0 Å². The minimum atomic E-state index is -0.160. The molecule has 0 amide bonds. The predicted octanol–water partition coefficient (Wildman–Crippen LogP) is 3.55. The van der Waals surface area contributed by atoms with Crippen molar-refractivity contribution < 1.29 is 4.74 Å². The van der Waals surface area contributed by atoms with Gasteiger partial charge in [-0.2, -0.15) is 0 Å². The molecule has 1 aromatic carbocycles. The van der Waals surface area contributed by atoms with E-state index in [2.05, 4.69) is 34.6 Å². The zero-order valence-corrected chi connectivity index (χ0v) is 13.9. The number of benzene rings is 1. The maximum absolute atomic E-state index is 5.76. The third-order valence-electron chi connectivity index (χ3n) is 2.90. The molecule has 1 N–H and O–H groups in total. The van der Waals surface area contributed by atoms with E-state index in [1.807, 2.05) is 39.0 Å². The number of aromatic nitrogens is 2. The molecule has 0 aliphatic rings. The van der Waals surface area contributed by atoms with Crippen molar-refractivity contribution in [1.82, 2.24) is 15.5 Å².